The number of nitrogens with one attached hydrogen (secondary N) is 1. The molecule has 0 spiro atoms. The third-order valence-electron chi connectivity index (χ3n) is 5.58. The van der Waals surface area contributed by atoms with Crippen molar-refractivity contribution in [1.29, 1.82) is 0 Å². The van der Waals surface area contributed by atoms with Gasteiger partial charge >= 0.3 is 0 Å². The van der Waals surface area contributed by atoms with Crippen LogP contribution in [0.25, 0.3) is 0 Å². The number of benzene rings is 1. The van der Waals surface area contributed by atoms with Crippen molar-refractivity contribution in [2.45, 2.75) is 20.0 Å². The molecule has 0 amide bonds. The van der Waals surface area contributed by atoms with E-state index in [1.807, 2.05) is 31.4 Å². The summed E-state index contributed by atoms with van der Waals surface area (Å²) in [5.41, 5.74) is 2.26. The van der Waals surface area contributed by atoms with Gasteiger partial charge in [-0.25, -0.2) is 4.98 Å². The molecule has 0 radical (unpaired) electrons. The van der Waals surface area contributed by atoms with E-state index in [9.17, 15) is 0 Å². The van der Waals surface area contributed by atoms with Gasteiger partial charge in [-0.2, -0.15) is 0 Å². The molecular formula is C23H34N6O. The van der Waals surface area contributed by atoms with Gasteiger partial charge in [-0.3, -0.25) is 4.99 Å². The number of methoxy groups -OCH3 is 1. The van der Waals surface area contributed by atoms with E-state index in [2.05, 4.69) is 55.1 Å². The zero-order chi connectivity index (χ0) is 21.3. The van der Waals surface area contributed by atoms with Gasteiger partial charge in [0.2, 0.25) is 0 Å². The number of aromatic nitrogens is 1. The largest absolute Gasteiger partial charge is 0.496 e. The molecule has 0 aliphatic carbocycles. The van der Waals surface area contributed by atoms with Gasteiger partial charge in [-0.15, -0.1) is 0 Å². The summed E-state index contributed by atoms with van der Waals surface area (Å²) in [6.07, 6.45) is 1.96. The highest BCUT2D eigenvalue weighted by Gasteiger charge is 2.16. The smallest absolute Gasteiger partial charge is 0.193 e. The molecule has 0 bridgehead atoms. The fourth-order valence-corrected chi connectivity index (χ4v) is 3.73. The number of aliphatic imine (C=N–C) groups is 1. The maximum atomic E-state index is 5.46. The molecule has 1 aromatic carbocycles. The standard InChI is InChI=1S/C23H34N6O/c1-5-28-12-14-29(15-13-28)22-11-10-19(16-25-22)17-26-23(24-2)27(3)18-20-8-6-7-9-21(20)30-4/h6-11,16H,5,12-15,17-18H2,1-4H3,(H,24,26). The van der Waals surface area contributed by atoms with Crippen LogP contribution in [0.3, 0.4) is 0 Å². The molecule has 30 heavy (non-hydrogen) atoms. The Hall–Kier alpha value is -2.80. The van der Waals surface area contributed by atoms with E-state index in [1.165, 1.54) is 0 Å². The van der Waals surface area contributed by atoms with Crippen LogP contribution in [0.15, 0.2) is 47.6 Å². The van der Waals surface area contributed by atoms with Gasteiger partial charge in [0.1, 0.15) is 11.6 Å². The molecule has 7 heteroatoms. The SMILES string of the molecule is CCN1CCN(c2ccc(CNC(=NC)N(C)Cc3ccccc3OC)cn2)CC1. The molecule has 2 heterocycles. The molecule has 1 aliphatic rings. The molecule has 7 nitrogen and oxygen atoms in total. The van der Waals surface area contributed by atoms with Crippen molar-refractivity contribution in [2.75, 3.05) is 58.8 Å². The molecule has 162 valence electrons. The zero-order valence-electron chi connectivity index (χ0n) is 18.6. The summed E-state index contributed by atoms with van der Waals surface area (Å²) in [6, 6.07) is 12.3. The Kier molecular flexibility index (Phi) is 7.90. The second-order valence-electron chi connectivity index (χ2n) is 7.51. The minimum atomic E-state index is 0.680. The van der Waals surface area contributed by atoms with E-state index in [1.54, 1.807) is 14.2 Å². The van der Waals surface area contributed by atoms with Crippen molar-refractivity contribution < 1.29 is 4.74 Å². The first-order valence-corrected chi connectivity index (χ1v) is 10.6. The number of likely N-dealkylation sites (N-methyl/N-ethyl adjacent to an activating group) is 1. The highest BCUT2D eigenvalue weighted by atomic mass is 16.5. The van der Waals surface area contributed by atoms with Crippen LogP contribution in [0.5, 0.6) is 5.75 Å². The first-order chi connectivity index (χ1) is 14.6. The Bertz CT molecular complexity index is 815. The normalized spacial score (nSPS) is 15.2. The second-order valence-corrected chi connectivity index (χ2v) is 7.51. The predicted octanol–water partition coefficient (Wildman–Crippen LogP) is 2.44. The lowest BCUT2D eigenvalue weighted by atomic mass is 10.2. The van der Waals surface area contributed by atoms with Gasteiger partial charge in [0.15, 0.2) is 5.96 Å². The van der Waals surface area contributed by atoms with E-state index in [0.717, 1.165) is 61.4 Å². The minimum absolute atomic E-state index is 0.680. The highest BCUT2D eigenvalue weighted by molar-refractivity contribution is 5.79. The van der Waals surface area contributed by atoms with Crippen molar-refractivity contribution in [1.82, 2.24) is 20.1 Å². The summed E-state index contributed by atoms with van der Waals surface area (Å²) < 4.78 is 5.46. The summed E-state index contributed by atoms with van der Waals surface area (Å²) in [5.74, 6) is 2.78. The first kappa shape index (κ1) is 21.9. The molecule has 1 N–H and O–H groups in total. The monoisotopic (exact) mass is 410 g/mol. The van der Waals surface area contributed by atoms with E-state index >= 15 is 0 Å². The topological polar surface area (TPSA) is 56.2 Å². The number of anilines is 1. The van der Waals surface area contributed by atoms with Gasteiger partial charge < -0.3 is 24.8 Å². The third kappa shape index (κ3) is 5.63. The van der Waals surface area contributed by atoms with Crippen molar-refractivity contribution in [2.24, 2.45) is 4.99 Å². The Morgan fingerprint density at radius 2 is 1.93 bits per heavy atom. The quantitative estimate of drug-likeness (QED) is 0.559. The molecular weight excluding hydrogens is 376 g/mol. The zero-order valence-corrected chi connectivity index (χ0v) is 18.6. The van der Waals surface area contributed by atoms with Gasteiger partial charge in [0.25, 0.3) is 0 Å². The Balaban J connectivity index is 1.53. The number of para-hydroxylation sites is 1. The number of hydrogen-bond donors (Lipinski definition) is 1. The summed E-state index contributed by atoms with van der Waals surface area (Å²) in [5, 5.41) is 3.43. The van der Waals surface area contributed by atoms with Gasteiger partial charge in [0, 0.05) is 65.1 Å². The maximum absolute atomic E-state index is 5.46. The van der Waals surface area contributed by atoms with E-state index in [-0.39, 0.29) is 0 Å². The van der Waals surface area contributed by atoms with Crippen LogP contribution in [0.1, 0.15) is 18.1 Å². The van der Waals surface area contributed by atoms with Crippen LogP contribution >= 0.6 is 0 Å². The number of guanidine groups is 1. The fraction of sp³-hybridized carbons (Fsp3) is 0.478. The van der Waals surface area contributed by atoms with Crippen molar-refractivity contribution >= 4 is 11.8 Å². The average Bonchev–Trinajstić information content (AvgIpc) is 2.80. The van der Waals surface area contributed by atoms with Crippen molar-refractivity contribution in [3.63, 3.8) is 0 Å². The number of nitrogens with zero attached hydrogens (tertiary/aromatic N) is 5. The number of pyridine rings is 1. The third-order valence-corrected chi connectivity index (χ3v) is 5.58. The average molecular weight is 411 g/mol. The molecule has 0 atom stereocenters. The highest BCUT2D eigenvalue weighted by Crippen LogP contribution is 2.19. The molecule has 1 aromatic heterocycles. The summed E-state index contributed by atoms with van der Waals surface area (Å²) in [6.45, 7) is 9.03. The van der Waals surface area contributed by atoms with Crippen LogP contribution in [0, 0.1) is 0 Å². The van der Waals surface area contributed by atoms with Crippen LogP contribution < -0.4 is 15.0 Å². The maximum Gasteiger partial charge on any atom is 0.193 e. The molecule has 1 saturated heterocycles. The molecule has 3 rings (SSSR count). The predicted molar refractivity (Wildman–Crippen MR) is 123 cm³/mol. The molecule has 1 fully saturated rings. The number of rotatable bonds is 7. The Morgan fingerprint density at radius 3 is 2.57 bits per heavy atom. The van der Waals surface area contributed by atoms with Crippen molar-refractivity contribution in [3.8, 4) is 5.75 Å². The molecule has 2 aromatic rings. The Labute approximate surface area is 180 Å². The molecule has 1 aliphatic heterocycles. The summed E-state index contributed by atoms with van der Waals surface area (Å²) in [4.78, 5) is 16.0. The van der Waals surface area contributed by atoms with Crippen LogP contribution in [0.2, 0.25) is 0 Å². The van der Waals surface area contributed by atoms with Gasteiger partial charge in [-0.05, 0) is 24.2 Å². The lowest BCUT2D eigenvalue weighted by Gasteiger charge is -2.34. The van der Waals surface area contributed by atoms with Crippen LogP contribution in [-0.2, 0) is 13.1 Å². The van der Waals surface area contributed by atoms with Crippen molar-refractivity contribution in [3.05, 3.63) is 53.7 Å². The molecule has 0 saturated carbocycles. The van der Waals surface area contributed by atoms with Crippen LogP contribution in [0.4, 0.5) is 5.82 Å². The van der Waals surface area contributed by atoms with Gasteiger partial charge in [-0.1, -0.05) is 31.2 Å². The Morgan fingerprint density at radius 1 is 1.17 bits per heavy atom. The lowest BCUT2D eigenvalue weighted by molar-refractivity contribution is 0.270. The number of piperazine rings is 1. The summed E-state index contributed by atoms with van der Waals surface area (Å²) in [7, 11) is 5.53. The molecule has 0 unspecified atom stereocenters. The number of hydrogen-bond acceptors (Lipinski definition) is 5. The lowest BCUT2D eigenvalue weighted by Crippen LogP contribution is -2.46. The number of ether oxygens (including phenoxy) is 1. The second kappa shape index (κ2) is 10.8. The summed E-state index contributed by atoms with van der Waals surface area (Å²) >= 11 is 0. The first-order valence-electron chi connectivity index (χ1n) is 10.6. The van der Waals surface area contributed by atoms with Gasteiger partial charge in [0.05, 0.1) is 7.11 Å². The van der Waals surface area contributed by atoms with E-state index < -0.39 is 0 Å². The van der Waals surface area contributed by atoms with E-state index in [4.69, 9.17) is 4.74 Å². The fourth-order valence-electron chi connectivity index (χ4n) is 3.73. The minimum Gasteiger partial charge on any atom is -0.496 e. The van der Waals surface area contributed by atoms with Crippen LogP contribution in [-0.4, -0.2) is 74.7 Å². The van der Waals surface area contributed by atoms with E-state index in [0.29, 0.717) is 13.1 Å².